The Morgan fingerprint density at radius 1 is 0.450 bits per heavy atom. The van der Waals surface area contributed by atoms with Crippen LogP contribution in [-0.4, -0.2) is 19.9 Å². The van der Waals surface area contributed by atoms with E-state index in [1.54, 1.807) is 0 Å². The van der Waals surface area contributed by atoms with Gasteiger partial charge in [0.25, 0.3) is 0 Å². The predicted molar refractivity (Wildman–Crippen MR) is 175 cm³/mol. The standard InChI is InChI=1S/C34H24Br2N4/c1-19-3-7-21(8-4-19)31-23-11-15-27(37-23)33(35)29-17-13-25(39-29)32(22-9-5-20(2)6-10-22)26-14-18-30(40-26)34(36)28-16-12-24(31)38-28/h3-18,37,39H,1-2H3. The largest absolute Gasteiger partial charge is 0.354 e. The molecule has 0 radical (unpaired) electrons. The highest BCUT2D eigenvalue weighted by Gasteiger charge is 2.16. The third kappa shape index (κ3) is 4.37. The molecule has 8 bridgehead atoms. The topological polar surface area (TPSA) is 57.4 Å². The maximum Gasteiger partial charge on any atom is 0.0801 e. The molecule has 5 heterocycles. The molecule has 4 nitrogen and oxygen atoms in total. The monoisotopic (exact) mass is 646 g/mol. The van der Waals surface area contributed by atoms with Gasteiger partial charge in [0.15, 0.2) is 0 Å². The number of benzene rings is 2. The molecular weight excluding hydrogens is 624 g/mol. The summed E-state index contributed by atoms with van der Waals surface area (Å²) in [5, 5.41) is 0. The summed E-state index contributed by atoms with van der Waals surface area (Å²) < 4.78 is 1.81. The number of nitrogens with zero attached hydrogens (tertiary/aromatic N) is 2. The maximum atomic E-state index is 5.07. The third-order valence-corrected chi connectivity index (χ3v) is 8.97. The number of aryl methyl sites for hydroxylation is 2. The van der Waals surface area contributed by atoms with E-state index in [1.807, 2.05) is 12.2 Å². The van der Waals surface area contributed by atoms with Crippen LogP contribution in [0.5, 0.6) is 0 Å². The molecule has 5 aromatic rings. The second kappa shape index (κ2) is 9.88. The highest BCUT2D eigenvalue weighted by atomic mass is 79.9. The Balaban J connectivity index is 1.61. The van der Waals surface area contributed by atoms with Crippen LogP contribution in [0.4, 0.5) is 0 Å². The van der Waals surface area contributed by atoms with Crippen LogP contribution < -0.4 is 0 Å². The van der Waals surface area contributed by atoms with E-state index in [-0.39, 0.29) is 0 Å². The zero-order valence-corrected chi connectivity index (χ0v) is 25.1. The first-order valence-corrected chi connectivity index (χ1v) is 14.6. The molecule has 3 aromatic heterocycles. The van der Waals surface area contributed by atoms with Crippen molar-refractivity contribution in [3.63, 3.8) is 0 Å². The second-order valence-electron chi connectivity index (χ2n) is 10.1. The molecule has 0 saturated carbocycles. The number of hydrogen-bond acceptors (Lipinski definition) is 2. The molecule has 40 heavy (non-hydrogen) atoms. The van der Waals surface area contributed by atoms with E-state index >= 15 is 0 Å². The zero-order chi connectivity index (χ0) is 27.4. The molecule has 0 atom stereocenters. The van der Waals surface area contributed by atoms with E-state index in [4.69, 9.17) is 9.97 Å². The summed E-state index contributed by atoms with van der Waals surface area (Å²) >= 11 is 7.70. The molecule has 2 aromatic carbocycles. The molecule has 2 aliphatic heterocycles. The lowest BCUT2D eigenvalue weighted by atomic mass is 10.0. The Hall–Kier alpha value is -4.00. The van der Waals surface area contributed by atoms with Crippen LogP contribution in [-0.2, 0) is 0 Å². The third-order valence-electron chi connectivity index (χ3n) is 7.31. The van der Waals surface area contributed by atoms with Gasteiger partial charge in [-0.25, -0.2) is 9.97 Å². The van der Waals surface area contributed by atoms with Gasteiger partial charge in [-0.3, -0.25) is 0 Å². The highest BCUT2D eigenvalue weighted by molar-refractivity contribution is 9.11. The van der Waals surface area contributed by atoms with Crippen LogP contribution in [0.3, 0.4) is 0 Å². The van der Waals surface area contributed by atoms with Crippen LogP contribution in [0.1, 0.15) is 33.9 Å². The molecular formula is C34H24Br2N4. The summed E-state index contributed by atoms with van der Waals surface area (Å²) in [6.07, 6.45) is 8.25. The van der Waals surface area contributed by atoms with Gasteiger partial charge in [0.2, 0.25) is 0 Å². The molecule has 0 saturated heterocycles. The number of aromatic amines is 2. The number of fused-ring (bicyclic) bond motifs is 8. The van der Waals surface area contributed by atoms with E-state index in [9.17, 15) is 0 Å². The first-order chi connectivity index (χ1) is 19.4. The minimum atomic E-state index is 0.843. The van der Waals surface area contributed by atoms with Crippen LogP contribution in [0.15, 0.2) is 81.7 Å². The van der Waals surface area contributed by atoms with Gasteiger partial charge >= 0.3 is 0 Å². The van der Waals surface area contributed by atoms with Gasteiger partial charge in [-0.15, -0.1) is 0 Å². The van der Waals surface area contributed by atoms with Crippen LogP contribution in [0.25, 0.3) is 68.6 Å². The van der Waals surface area contributed by atoms with E-state index < -0.39 is 0 Å². The Morgan fingerprint density at radius 3 is 1.25 bits per heavy atom. The Morgan fingerprint density at radius 2 is 0.825 bits per heavy atom. The number of halogens is 2. The fourth-order valence-corrected chi connectivity index (χ4v) is 6.09. The molecule has 194 valence electrons. The average Bonchev–Trinajstić information content (AvgIpc) is 3.78. The van der Waals surface area contributed by atoms with E-state index in [2.05, 4.69) is 141 Å². The van der Waals surface area contributed by atoms with Crippen molar-refractivity contribution >= 4 is 78.2 Å². The van der Waals surface area contributed by atoms with Crippen molar-refractivity contribution in [2.24, 2.45) is 0 Å². The van der Waals surface area contributed by atoms with Crippen LogP contribution >= 0.6 is 31.9 Å². The van der Waals surface area contributed by atoms with Gasteiger partial charge in [0.1, 0.15) is 0 Å². The molecule has 0 aliphatic carbocycles. The van der Waals surface area contributed by atoms with Gasteiger partial charge in [-0.05, 0) is 105 Å². The summed E-state index contributed by atoms with van der Waals surface area (Å²) in [6.45, 7) is 4.20. The summed E-state index contributed by atoms with van der Waals surface area (Å²) in [5.74, 6) is 0. The zero-order valence-electron chi connectivity index (χ0n) is 21.9. The van der Waals surface area contributed by atoms with Gasteiger partial charge in [-0.2, -0.15) is 0 Å². The average molecular weight is 648 g/mol. The van der Waals surface area contributed by atoms with Crippen molar-refractivity contribution in [2.75, 3.05) is 0 Å². The van der Waals surface area contributed by atoms with E-state index in [0.29, 0.717) is 0 Å². The van der Waals surface area contributed by atoms with Crippen LogP contribution in [0.2, 0.25) is 0 Å². The molecule has 2 N–H and O–H groups in total. The number of nitrogens with one attached hydrogen (secondary N) is 2. The van der Waals surface area contributed by atoms with Crippen molar-refractivity contribution in [1.29, 1.82) is 0 Å². The normalized spacial score (nSPS) is 12.3. The van der Waals surface area contributed by atoms with Crippen LogP contribution in [0, 0.1) is 13.8 Å². The SMILES string of the molecule is Cc1ccc(-c2c3nc(c(Br)c4nc(c(-c5ccc(C)cc5)c5ccc([nH]5)c(Br)c5ccc2[nH]5)C=C4)C=C3)cc1. The molecule has 2 aliphatic rings. The molecule has 0 amide bonds. The van der Waals surface area contributed by atoms with Crippen molar-refractivity contribution in [2.45, 2.75) is 13.8 Å². The Kier molecular flexibility index (Phi) is 6.17. The number of aromatic nitrogens is 4. The van der Waals surface area contributed by atoms with Crippen molar-refractivity contribution in [3.8, 4) is 22.3 Å². The van der Waals surface area contributed by atoms with Gasteiger partial charge < -0.3 is 9.97 Å². The lowest BCUT2D eigenvalue weighted by Gasteiger charge is -2.05. The van der Waals surface area contributed by atoms with Crippen molar-refractivity contribution in [1.82, 2.24) is 19.9 Å². The number of H-pyrrole nitrogens is 2. The molecule has 0 spiro atoms. The lowest BCUT2D eigenvalue weighted by molar-refractivity contribution is 1.25. The van der Waals surface area contributed by atoms with Gasteiger partial charge in [0, 0.05) is 22.2 Å². The quantitative estimate of drug-likeness (QED) is 0.196. The van der Waals surface area contributed by atoms with Gasteiger partial charge in [-0.1, -0.05) is 59.7 Å². The Labute approximate surface area is 248 Å². The molecule has 0 unspecified atom stereocenters. The molecule has 6 heteroatoms. The first-order valence-electron chi connectivity index (χ1n) is 13.1. The smallest absolute Gasteiger partial charge is 0.0801 e. The fourth-order valence-electron chi connectivity index (χ4n) is 5.18. The number of hydrogen-bond donors (Lipinski definition) is 2. The predicted octanol–water partition coefficient (Wildman–Crippen LogP) is 10.1. The first kappa shape index (κ1) is 25.0. The minimum absolute atomic E-state index is 0.843. The van der Waals surface area contributed by atoms with Crippen molar-refractivity contribution < 1.29 is 0 Å². The summed E-state index contributed by atoms with van der Waals surface area (Å²) in [6, 6.07) is 25.6. The maximum absolute atomic E-state index is 5.07. The van der Waals surface area contributed by atoms with Gasteiger partial charge in [0.05, 0.1) is 42.8 Å². The number of rotatable bonds is 2. The fraction of sp³-hybridized carbons (Fsp3) is 0.0588. The highest BCUT2D eigenvalue weighted by Crippen LogP contribution is 2.36. The van der Waals surface area contributed by atoms with E-state index in [1.165, 1.54) is 11.1 Å². The minimum Gasteiger partial charge on any atom is -0.354 e. The lowest BCUT2D eigenvalue weighted by Crippen LogP contribution is -1.88. The molecule has 0 fully saturated rings. The Bertz CT molecular complexity index is 1880. The summed E-state index contributed by atoms with van der Waals surface area (Å²) in [5.41, 5.74) is 14.2. The summed E-state index contributed by atoms with van der Waals surface area (Å²) in [7, 11) is 0. The van der Waals surface area contributed by atoms with Crippen molar-refractivity contribution in [3.05, 3.63) is 116 Å². The second-order valence-corrected chi connectivity index (χ2v) is 11.7. The molecule has 7 rings (SSSR count). The summed E-state index contributed by atoms with van der Waals surface area (Å²) in [4.78, 5) is 17.4. The van der Waals surface area contributed by atoms with E-state index in [0.717, 1.165) is 76.0 Å².